The number of aliphatic hydroxyl groups excluding tert-OH is 2. The molecule has 16 N–H and O–H groups in total. The van der Waals surface area contributed by atoms with Gasteiger partial charge < -0.3 is 41.7 Å². The van der Waals surface area contributed by atoms with Gasteiger partial charge in [0.15, 0.2) is 0 Å². The maximum Gasteiger partial charge on any atom is 0.477 e. The Morgan fingerprint density at radius 1 is 0.750 bits per heavy atom. The molecule has 10 nitrogen and oxygen atoms in total. The quantitative estimate of drug-likeness (QED) is 0.278. The summed E-state index contributed by atoms with van der Waals surface area (Å²) >= 11 is 0. The second-order valence-electron chi connectivity index (χ2n) is 1.54. The Balaban J connectivity index is -0.00000000763. The van der Waals surface area contributed by atoms with E-state index in [1.807, 2.05) is 0 Å². The van der Waals surface area contributed by atoms with E-state index in [0.29, 0.717) is 0 Å². The first-order valence-electron chi connectivity index (χ1n) is 3.34. The van der Waals surface area contributed by atoms with Gasteiger partial charge >= 0.3 is 11.9 Å². The molecule has 0 aromatic rings. The van der Waals surface area contributed by atoms with Crippen molar-refractivity contribution in [3.63, 3.8) is 0 Å². The number of carboxylic acid groups (broad SMARTS) is 2. The first kappa shape index (κ1) is 76.0. The smallest absolute Gasteiger partial charge is 0.457 e. The van der Waals surface area contributed by atoms with E-state index in [0.717, 1.165) is 0 Å². The van der Waals surface area contributed by atoms with Gasteiger partial charge in [0.2, 0.25) is 0 Å². The Morgan fingerprint density at radius 2 is 0.750 bits per heavy atom. The fourth-order valence-corrected chi connectivity index (χ4v) is 0. The average Bonchev–Trinajstić information content (AvgIpc) is 1.85. The number of rotatable bonds is 0. The van der Waals surface area contributed by atoms with E-state index in [1.54, 1.807) is 12.1 Å². The van der Waals surface area contributed by atoms with E-state index in [9.17, 15) is 0 Å². The number of hydrogen-bond donors (Lipinski definition) is 2. The van der Waals surface area contributed by atoms with Gasteiger partial charge in [0.05, 0.1) is 26.0 Å². The van der Waals surface area contributed by atoms with Crippen LogP contribution in [0.25, 0.3) is 0 Å². The van der Waals surface area contributed by atoms with Crippen LogP contribution in [-0.2, 0) is 60.9 Å². The zero-order chi connectivity index (χ0) is 12.6. The third-order valence-electron chi connectivity index (χ3n) is 0. The van der Waals surface area contributed by atoms with Gasteiger partial charge in [-0.1, -0.05) is 0 Å². The molecular weight excluding hydrogens is 458 g/mol. The minimum atomic E-state index is -0.583. The molecule has 0 amide bonds. The molecule has 0 heterocycles. The van der Waals surface area contributed by atoms with Gasteiger partial charge in [-0.2, -0.15) is 10.5 Å². The van der Waals surface area contributed by atoms with Crippen LogP contribution in [0.1, 0.15) is 27.7 Å². The molecule has 0 aliphatic carbocycles. The van der Waals surface area contributed by atoms with Crippen molar-refractivity contribution in [1.82, 2.24) is 0 Å². The molecule has 0 saturated carbocycles. The number of hydrogen-bond acceptors (Lipinski definition) is 2. The minimum Gasteiger partial charge on any atom is -0.457 e. The van der Waals surface area contributed by atoms with Crippen LogP contribution in [0, 0.1) is 22.7 Å². The SMILES string of the molecule is CC#N.CC#N.CC(O)=[OH+].CC(O)=[OH+].[OH3+].[OH3+].[OH3+].[OH3+].[Rh].[Rh]. The maximum atomic E-state index is 7.53. The second kappa shape index (κ2) is 106. The monoisotopic (exact) mass is 486 g/mol. The van der Waals surface area contributed by atoms with Gasteiger partial charge in [0.1, 0.15) is 0 Å². The fraction of sp³-hybridized carbons (Fsp3) is 0.500. The van der Waals surface area contributed by atoms with E-state index in [4.69, 9.17) is 30.3 Å². The van der Waals surface area contributed by atoms with Crippen molar-refractivity contribution in [1.29, 1.82) is 10.5 Å². The molecule has 0 aromatic heterocycles. The summed E-state index contributed by atoms with van der Waals surface area (Å²) < 4.78 is 0. The zero-order valence-corrected chi connectivity index (χ0v) is 14.9. The van der Waals surface area contributed by atoms with Crippen LogP contribution in [0.2, 0.25) is 0 Å². The Hall–Kier alpha value is -0.993. The first-order valence-corrected chi connectivity index (χ1v) is 3.34. The Bertz CT molecular complexity index is 195. The van der Waals surface area contributed by atoms with Gasteiger partial charge in [0, 0.05) is 52.8 Å². The maximum absolute atomic E-state index is 7.53. The molecule has 20 heavy (non-hydrogen) atoms. The predicted octanol–water partition coefficient (Wildman–Crippen LogP) is -2.50. The molecule has 0 aliphatic heterocycles. The Morgan fingerprint density at radius 3 is 0.750 bits per heavy atom. The summed E-state index contributed by atoms with van der Waals surface area (Å²) in [5.74, 6) is -1.17. The molecule has 0 fully saturated rings. The van der Waals surface area contributed by atoms with Gasteiger partial charge in [-0.05, 0) is 0 Å². The summed E-state index contributed by atoms with van der Waals surface area (Å²) in [5.41, 5.74) is 0. The van der Waals surface area contributed by atoms with E-state index < -0.39 is 11.9 Å². The number of nitriles is 2. The van der Waals surface area contributed by atoms with E-state index in [2.05, 4.69) is 0 Å². The molecule has 0 rings (SSSR count). The zero-order valence-electron chi connectivity index (χ0n) is 11.7. The standard InChI is InChI=1S/2C2H3N.2C2H4O2.4H2O.2Rh/c2*1-2-3;2*1-2(3)4;;;;;;/h2*1H3;2*1H3,(H,3,4);4*1H2;;/p+6. The summed E-state index contributed by atoms with van der Waals surface area (Å²) in [6.07, 6.45) is 0. The largest absolute Gasteiger partial charge is 0.477 e. The second-order valence-corrected chi connectivity index (χ2v) is 1.54. The third-order valence-corrected chi connectivity index (χ3v) is 0. The molecule has 0 aliphatic rings. The average molecular weight is 486 g/mol. The van der Waals surface area contributed by atoms with Crippen LogP contribution in [0.3, 0.4) is 0 Å². The summed E-state index contributed by atoms with van der Waals surface area (Å²) in [7, 11) is 0. The molecule has 0 aromatic carbocycles. The van der Waals surface area contributed by atoms with E-state index in [1.165, 1.54) is 27.7 Å². The molecule has 0 spiro atoms. The van der Waals surface area contributed by atoms with Gasteiger partial charge in [-0.15, -0.1) is 0 Å². The number of carboxylic acids is 2. The van der Waals surface area contributed by atoms with Crippen molar-refractivity contribution in [2.45, 2.75) is 27.7 Å². The third kappa shape index (κ3) is 4420. The van der Waals surface area contributed by atoms with Crippen molar-refractivity contribution >= 4 is 11.9 Å². The van der Waals surface area contributed by atoms with Crippen LogP contribution in [0.15, 0.2) is 0 Å². The summed E-state index contributed by atoms with van der Waals surface area (Å²) in [4.78, 5) is 15.1. The van der Waals surface area contributed by atoms with Crippen molar-refractivity contribution in [2.24, 2.45) is 0 Å². The molecule has 0 unspecified atom stereocenters. The van der Waals surface area contributed by atoms with Gasteiger partial charge in [-0.3, -0.25) is 0 Å². The Labute approximate surface area is 143 Å². The van der Waals surface area contributed by atoms with Crippen LogP contribution in [-0.4, -0.2) is 31.7 Å². The molecule has 0 atom stereocenters. The van der Waals surface area contributed by atoms with E-state index in [-0.39, 0.29) is 60.9 Å². The molecule has 0 saturated heterocycles. The summed E-state index contributed by atoms with van der Waals surface area (Å²) in [6.45, 7) is 5.25. The van der Waals surface area contributed by atoms with Crippen molar-refractivity contribution < 1.29 is 80.7 Å². The molecule has 2 radical (unpaired) electrons. The first-order chi connectivity index (χ1) is 6.29. The summed E-state index contributed by atoms with van der Waals surface area (Å²) in [5, 5.41) is 29.7. The van der Waals surface area contributed by atoms with Crippen LogP contribution >= 0.6 is 0 Å². The van der Waals surface area contributed by atoms with Gasteiger partial charge in [0.25, 0.3) is 0 Å². The topological polar surface area (TPSA) is 263 Å². The van der Waals surface area contributed by atoms with Crippen molar-refractivity contribution in [3.8, 4) is 12.1 Å². The summed E-state index contributed by atoms with van der Waals surface area (Å²) in [6, 6.07) is 3.50. The molecule has 0 bridgehead atoms. The Kier molecular flexibility index (Phi) is 403. The minimum absolute atomic E-state index is 0. The van der Waals surface area contributed by atoms with Crippen LogP contribution in [0.4, 0.5) is 0 Å². The molecule has 12 heteroatoms. The van der Waals surface area contributed by atoms with Crippen LogP contribution in [0.5, 0.6) is 0 Å². The normalized spacial score (nSPS) is 3.30. The molecule has 130 valence electrons. The number of nitrogens with zero attached hydrogens (tertiary/aromatic N) is 2. The van der Waals surface area contributed by atoms with E-state index >= 15 is 0 Å². The fourth-order valence-electron chi connectivity index (χ4n) is 0. The van der Waals surface area contributed by atoms with Crippen molar-refractivity contribution in [2.75, 3.05) is 0 Å². The van der Waals surface area contributed by atoms with Gasteiger partial charge in [-0.25, -0.2) is 0 Å². The number of aliphatic carboxylic acids is 2. The predicted molar refractivity (Wildman–Crippen MR) is 72.6 cm³/mol. The van der Waals surface area contributed by atoms with Crippen LogP contribution < -0.4 is 0 Å². The van der Waals surface area contributed by atoms with Crippen molar-refractivity contribution in [3.05, 3.63) is 0 Å². The molecular formula is C8H28N2O8Rh2+6.